The number of carbonyl (C=O) groups excluding carboxylic acids is 1. The monoisotopic (exact) mass is 453 g/mol. The van der Waals surface area contributed by atoms with Gasteiger partial charge >= 0.3 is 5.69 Å². The smallest absolute Gasteiger partial charge is 0.324 e. The molecule has 0 atom stereocenters. The molecule has 0 bridgehead atoms. The molecule has 2 aromatic carbocycles. The van der Waals surface area contributed by atoms with Gasteiger partial charge in [-0.2, -0.15) is 0 Å². The molecule has 0 spiro atoms. The van der Waals surface area contributed by atoms with Crippen molar-refractivity contribution in [3.63, 3.8) is 0 Å². The van der Waals surface area contributed by atoms with Crippen molar-refractivity contribution in [2.24, 2.45) is 0 Å². The number of aryl methyl sites for hydroxylation is 1. The Morgan fingerprint density at radius 3 is 2.45 bits per heavy atom. The summed E-state index contributed by atoms with van der Waals surface area (Å²) < 4.78 is 2.90. The minimum absolute atomic E-state index is 0.0332. The minimum atomic E-state index is -0.547. The lowest BCUT2D eigenvalue weighted by atomic mass is 10.1. The summed E-state index contributed by atoms with van der Waals surface area (Å²) in [5.74, 6) is -0.335. The lowest BCUT2D eigenvalue weighted by Crippen LogP contribution is -2.41. The summed E-state index contributed by atoms with van der Waals surface area (Å²) in [5, 5.41) is 5.10. The maximum absolute atomic E-state index is 13.2. The molecule has 0 aliphatic rings. The Morgan fingerprint density at radius 1 is 1.00 bits per heavy atom. The fourth-order valence-corrected chi connectivity index (χ4v) is 4.54. The second-order valence-electron chi connectivity index (χ2n) is 7.05. The van der Waals surface area contributed by atoms with Crippen LogP contribution in [0.25, 0.3) is 10.2 Å². The second kappa shape index (κ2) is 8.91. The van der Waals surface area contributed by atoms with E-state index in [0.29, 0.717) is 26.5 Å². The Kier molecular flexibility index (Phi) is 6.06. The molecule has 0 saturated heterocycles. The van der Waals surface area contributed by atoms with Crippen molar-refractivity contribution in [1.82, 2.24) is 9.13 Å². The molecular formula is C23H20ClN3O3S. The van der Waals surface area contributed by atoms with Crippen LogP contribution in [0.2, 0.25) is 5.02 Å². The summed E-state index contributed by atoms with van der Waals surface area (Å²) in [6, 6.07) is 16.3. The summed E-state index contributed by atoms with van der Waals surface area (Å²) in [5.41, 5.74) is 1.90. The number of nitrogens with zero attached hydrogens (tertiary/aromatic N) is 2. The number of benzene rings is 2. The fourth-order valence-electron chi connectivity index (χ4n) is 3.51. The summed E-state index contributed by atoms with van der Waals surface area (Å²) in [7, 11) is 0. The minimum Gasteiger partial charge on any atom is -0.324 e. The van der Waals surface area contributed by atoms with E-state index in [0.717, 1.165) is 16.6 Å². The van der Waals surface area contributed by atoms with Crippen molar-refractivity contribution in [2.45, 2.75) is 26.4 Å². The van der Waals surface area contributed by atoms with E-state index in [4.69, 9.17) is 11.6 Å². The molecule has 0 radical (unpaired) electrons. The predicted octanol–water partition coefficient (Wildman–Crippen LogP) is 4.13. The van der Waals surface area contributed by atoms with E-state index in [2.05, 4.69) is 5.32 Å². The van der Waals surface area contributed by atoms with Crippen LogP contribution < -0.4 is 16.6 Å². The zero-order valence-corrected chi connectivity index (χ0v) is 18.4. The quantitative estimate of drug-likeness (QED) is 0.477. The zero-order chi connectivity index (χ0) is 22.0. The lowest BCUT2D eigenvalue weighted by Gasteiger charge is -2.14. The highest BCUT2D eigenvalue weighted by Gasteiger charge is 2.17. The average Bonchev–Trinajstić information content (AvgIpc) is 3.26. The Hall–Kier alpha value is -3.16. The van der Waals surface area contributed by atoms with Crippen molar-refractivity contribution in [2.75, 3.05) is 5.32 Å². The van der Waals surface area contributed by atoms with Crippen LogP contribution in [0, 0.1) is 0 Å². The van der Waals surface area contributed by atoms with Crippen LogP contribution in [0.1, 0.15) is 18.1 Å². The van der Waals surface area contributed by atoms with Crippen LogP contribution >= 0.6 is 22.9 Å². The van der Waals surface area contributed by atoms with Crippen LogP contribution in [0.15, 0.2) is 69.6 Å². The molecule has 4 aromatic rings. The first-order valence-corrected chi connectivity index (χ1v) is 11.1. The van der Waals surface area contributed by atoms with Gasteiger partial charge in [0.15, 0.2) is 0 Å². The Morgan fingerprint density at radius 2 is 1.71 bits per heavy atom. The Balaban J connectivity index is 1.73. The lowest BCUT2D eigenvalue weighted by molar-refractivity contribution is -0.116. The number of carbonyl (C=O) groups is 1. The molecule has 1 N–H and O–H groups in total. The Labute approximate surface area is 187 Å². The van der Waals surface area contributed by atoms with Crippen molar-refractivity contribution < 1.29 is 4.79 Å². The molecule has 0 aliphatic heterocycles. The van der Waals surface area contributed by atoms with E-state index in [1.165, 1.54) is 15.9 Å². The van der Waals surface area contributed by atoms with E-state index < -0.39 is 5.69 Å². The number of hydrogen-bond acceptors (Lipinski definition) is 4. The maximum Gasteiger partial charge on any atom is 0.332 e. The number of nitrogens with one attached hydrogen (secondary N) is 1. The third-order valence-electron chi connectivity index (χ3n) is 5.10. The first kappa shape index (κ1) is 21.1. The van der Waals surface area contributed by atoms with Crippen molar-refractivity contribution in [1.29, 1.82) is 0 Å². The van der Waals surface area contributed by atoms with Gasteiger partial charge in [0.2, 0.25) is 5.91 Å². The highest BCUT2D eigenvalue weighted by Crippen LogP contribution is 2.19. The van der Waals surface area contributed by atoms with Gasteiger partial charge in [0.05, 0.1) is 12.1 Å². The number of fused-ring (bicyclic) bond motifs is 1. The van der Waals surface area contributed by atoms with Gasteiger partial charge in [-0.25, -0.2) is 4.79 Å². The van der Waals surface area contributed by atoms with Gasteiger partial charge in [-0.05, 0) is 41.1 Å². The van der Waals surface area contributed by atoms with Crippen LogP contribution in [0.4, 0.5) is 5.69 Å². The standard InChI is InChI=1S/C23H20ClN3O3S/c1-2-15-7-4-6-10-18(15)25-20(28)14-26-19-11-12-31-21(19)22(29)27(23(26)30)13-16-8-3-5-9-17(16)24/h3-12H,2,13-14H2,1H3,(H,25,28). The molecule has 6 nitrogen and oxygen atoms in total. The molecule has 2 heterocycles. The molecule has 158 valence electrons. The second-order valence-corrected chi connectivity index (χ2v) is 8.37. The molecule has 8 heteroatoms. The highest BCUT2D eigenvalue weighted by molar-refractivity contribution is 7.17. The maximum atomic E-state index is 13.2. The molecule has 0 saturated carbocycles. The SMILES string of the molecule is CCc1ccccc1NC(=O)Cn1c(=O)n(Cc2ccccc2Cl)c(=O)c2sccc21. The van der Waals surface area contributed by atoms with Gasteiger partial charge in [0.25, 0.3) is 5.56 Å². The Bertz CT molecular complexity index is 1390. The first-order chi connectivity index (χ1) is 15.0. The van der Waals surface area contributed by atoms with E-state index in [1.807, 2.05) is 31.2 Å². The summed E-state index contributed by atoms with van der Waals surface area (Å²) in [6.45, 7) is 1.84. The highest BCUT2D eigenvalue weighted by atomic mass is 35.5. The molecule has 31 heavy (non-hydrogen) atoms. The topological polar surface area (TPSA) is 73.1 Å². The van der Waals surface area contributed by atoms with Gasteiger partial charge in [0.1, 0.15) is 11.2 Å². The number of rotatable bonds is 6. The number of halogens is 1. The first-order valence-electron chi connectivity index (χ1n) is 9.81. The summed E-state index contributed by atoms with van der Waals surface area (Å²) in [4.78, 5) is 39.0. The van der Waals surface area contributed by atoms with E-state index in [1.54, 1.807) is 35.7 Å². The number of amides is 1. The molecule has 4 rings (SSSR count). The molecule has 0 unspecified atom stereocenters. The van der Waals surface area contributed by atoms with E-state index in [9.17, 15) is 14.4 Å². The van der Waals surface area contributed by atoms with Crippen molar-refractivity contribution in [3.8, 4) is 0 Å². The predicted molar refractivity (Wildman–Crippen MR) is 125 cm³/mol. The number of hydrogen-bond donors (Lipinski definition) is 1. The molecule has 0 fully saturated rings. The zero-order valence-electron chi connectivity index (χ0n) is 16.8. The molecule has 1 amide bonds. The fraction of sp³-hybridized carbons (Fsp3) is 0.174. The van der Waals surface area contributed by atoms with Gasteiger partial charge < -0.3 is 5.32 Å². The van der Waals surface area contributed by atoms with Crippen LogP contribution in [0.5, 0.6) is 0 Å². The normalized spacial score (nSPS) is 11.0. The molecular weight excluding hydrogens is 434 g/mol. The molecule has 0 aliphatic carbocycles. The third kappa shape index (κ3) is 4.19. The van der Waals surface area contributed by atoms with Gasteiger partial charge in [-0.1, -0.05) is 54.9 Å². The van der Waals surface area contributed by atoms with Gasteiger partial charge in [-0.3, -0.25) is 18.7 Å². The number of thiophene rings is 1. The van der Waals surface area contributed by atoms with E-state index in [-0.39, 0.29) is 24.6 Å². The third-order valence-corrected chi connectivity index (χ3v) is 6.36. The molecule has 2 aromatic heterocycles. The number of anilines is 1. The largest absolute Gasteiger partial charge is 0.332 e. The van der Waals surface area contributed by atoms with Crippen LogP contribution in [-0.4, -0.2) is 15.0 Å². The summed E-state index contributed by atoms with van der Waals surface area (Å²) in [6.07, 6.45) is 0.772. The van der Waals surface area contributed by atoms with Gasteiger partial charge in [0, 0.05) is 10.7 Å². The number of para-hydroxylation sites is 1. The van der Waals surface area contributed by atoms with Crippen molar-refractivity contribution in [3.05, 3.63) is 97.0 Å². The average molecular weight is 454 g/mol. The summed E-state index contributed by atoms with van der Waals surface area (Å²) >= 11 is 7.48. The van der Waals surface area contributed by atoms with Crippen LogP contribution in [0.3, 0.4) is 0 Å². The number of aromatic nitrogens is 2. The van der Waals surface area contributed by atoms with Crippen molar-refractivity contribution >= 4 is 44.7 Å². The van der Waals surface area contributed by atoms with Crippen LogP contribution in [-0.2, 0) is 24.3 Å². The van der Waals surface area contributed by atoms with E-state index >= 15 is 0 Å². The van der Waals surface area contributed by atoms with Gasteiger partial charge in [-0.15, -0.1) is 11.3 Å².